The minimum absolute atomic E-state index is 0.690. The summed E-state index contributed by atoms with van der Waals surface area (Å²) in [5, 5.41) is 3.58. The number of imidazole rings is 1. The van der Waals surface area contributed by atoms with Gasteiger partial charge in [-0.15, -0.1) is 0 Å². The van der Waals surface area contributed by atoms with Crippen molar-refractivity contribution >= 4 is 17.0 Å². The van der Waals surface area contributed by atoms with Gasteiger partial charge in [-0.25, -0.2) is 9.55 Å². The molecule has 0 aliphatic carbocycles. The first-order valence-electron chi connectivity index (χ1n) is 10.1. The molecule has 3 aromatic rings. The molecule has 0 atom stereocenters. The summed E-state index contributed by atoms with van der Waals surface area (Å²) < 4.78 is 13.3. The van der Waals surface area contributed by atoms with Crippen LogP contribution in [-0.4, -0.2) is 49.3 Å². The Morgan fingerprint density at radius 2 is 1.89 bits per heavy atom. The summed E-state index contributed by atoms with van der Waals surface area (Å²) in [6.45, 7) is 9.11. The van der Waals surface area contributed by atoms with Crippen molar-refractivity contribution in [1.82, 2.24) is 9.88 Å². The smallest absolute Gasteiger partial charge is 0.356 e. The summed E-state index contributed by atoms with van der Waals surface area (Å²) in [5.74, 6) is 1.96. The molecule has 0 bridgehead atoms. The summed E-state index contributed by atoms with van der Waals surface area (Å²) in [5.41, 5.74) is 3.60. The molecule has 28 heavy (non-hydrogen) atoms. The number of benzene rings is 2. The molecule has 0 amide bonds. The lowest BCUT2D eigenvalue weighted by molar-refractivity contribution is -0.656. The summed E-state index contributed by atoms with van der Waals surface area (Å²) >= 11 is 0. The normalized spacial score (nSPS) is 15.0. The maximum atomic E-state index is 5.53. The highest BCUT2D eigenvalue weighted by molar-refractivity contribution is 5.72. The van der Waals surface area contributed by atoms with E-state index in [2.05, 4.69) is 56.2 Å². The number of rotatable bonds is 8. The lowest BCUT2D eigenvalue weighted by atomic mass is 10.2. The molecule has 0 unspecified atom stereocenters. The number of ether oxygens (including phenoxy) is 2. The van der Waals surface area contributed by atoms with E-state index in [1.165, 1.54) is 11.1 Å². The summed E-state index contributed by atoms with van der Waals surface area (Å²) in [6, 6.07) is 16.7. The van der Waals surface area contributed by atoms with E-state index in [4.69, 9.17) is 9.47 Å². The number of nitrogens with one attached hydrogen (secondary N) is 2. The van der Waals surface area contributed by atoms with Crippen molar-refractivity contribution in [3.8, 4) is 5.75 Å². The molecule has 1 aliphatic heterocycles. The SMILES string of the molecule is CCOc1ccc(CNc2[nH]c3ccccc3[n+]2CCN2CCOCC2)cc1. The first kappa shape index (κ1) is 18.8. The number of fused-ring (bicyclic) bond motifs is 1. The lowest BCUT2D eigenvalue weighted by Crippen LogP contribution is -2.45. The number of nitrogens with zero attached hydrogens (tertiary/aromatic N) is 2. The second kappa shape index (κ2) is 9.08. The number of para-hydroxylation sites is 2. The number of H-pyrrole nitrogens is 1. The number of hydrogen-bond acceptors (Lipinski definition) is 4. The molecule has 0 radical (unpaired) electrons. The van der Waals surface area contributed by atoms with Gasteiger partial charge in [0.1, 0.15) is 16.8 Å². The number of hydrogen-bond donors (Lipinski definition) is 2. The van der Waals surface area contributed by atoms with E-state index in [1.807, 2.05) is 19.1 Å². The molecule has 6 heteroatoms. The second-order valence-corrected chi connectivity index (χ2v) is 7.03. The van der Waals surface area contributed by atoms with Gasteiger partial charge in [-0.3, -0.25) is 10.2 Å². The van der Waals surface area contributed by atoms with Crippen LogP contribution in [0.5, 0.6) is 5.75 Å². The monoisotopic (exact) mass is 381 g/mol. The van der Waals surface area contributed by atoms with E-state index in [0.717, 1.165) is 63.2 Å². The van der Waals surface area contributed by atoms with Crippen molar-refractivity contribution in [3.05, 3.63) is 54.1 Å². The fourth-order valence-electron chi connectivity index (χ4n) is 3.62. The quantitative estimate of drug-likeness (QED) is 0.589. The van der Waals surface area contributed by atoms with Crippen LogP contribution in [0.3, 0.4) is 0 Å². The fourth-order valence-corrected chi connectivity index (χ4v) is 3.62. The maximum Gasteiger partial charge on any atom is 0.356 e. The van der Waals surface area contributed by atoms with Gasteiger partial charge in [0.25, 0.3) is 0 Å². The van der Waals surface area contributed by atoms with E-state index < -0.39 is 0 Å². The van der Waals surface area contributed by atoms with Crippen LogP contribution in [-0.2, 0) is 17.8 Å². The third-order valence-corrected chi connectivity index (χ3v) is 5.16. The molecule has 1 aromatic heterocycles. The molecule has 1 saturated heterocycles. The Morgan fingerprint density at radius 1 is 1.11 bits per heavy atom. The fraction of sp³-hybridized carbons (Fsp3) is 0.409. The molecule has 0 saturated carbocycles. The molecule has 1 aliphatic rings. The maximum absolute atomic E-state index is 5.53. The average Bonchev–Trinajstić information content (AvgIpc) is 3.10. The van der Waals surface area contributed by atoms with Crippen LogP contribution in [0.2, 0.25) is 0 Å². The first-order valence-corrected chi connectivity index (χ1v) is 10.1. The van der Waals surface area contributed by atoms with Crippen LogP contribution in [0.25, 0.3) is 11.0 Å². The van der Waals surface area contributed by atoms with Crippen molar-refractivity contribution in [2.45, 2.75) is 20.0 Å². The first-order chi connectivity index (χ1) is 13.8. The molecular weight excluding hydrogens is 352 g/mol. The van der Waals surface area contributed by atoms with Crippen molar-refractivity contribution in [1.29, 1.82) is 0 Å². The highest BCUT2D eigenvalue weighted by atomic mass is 16.5. The minimum Gasteiger partial charge on any atom is -0.494 e. The average molecular weight is 382 g/mol. The number of aromatic amines is 1. The molecular formula is C22H29N4O2+. The molecule has 2 N–H and O–H groups in total. The topological polar surface area (TPSA) is 53.4 Å². The van der Waals surface area contributed by atoms with Gasteiger partial charge in [-0.2, -0.15) is 0 Å². The zero-order chi connectivity index (χ0) is 19.2. The van der Waals surface area contributed by atoms with Crippen molar-refractivity contribution in [3.63, 3.8) is 0 Å². The van der Waals surface area contributed by atoms with Crippen LogP contribution in [0.4, 0.5) is 5.95 Å². The van der Waals surface area contributed by atoms with Gasteiger partial charge >= 0.3 is 5.95 Å². The van der Waals surface area contributed by atoms with Crippen molar-refractivity contribution < 1.29 is 14.0 Å². The molecule has 2 aromatic carbocycles. The number of aromatic nitrogens is 2. The third kappa shape index (κ3) is 4.46. The van der Waals surface area contributed by atoms with Gasteiger partial charge < -0.3 is 9.47 Å². The van der Waals surface area contributed by atoms with E-state index in [0.29, 0.717) is 6.61 Å². The largest absolute Gasteiger partial charge is 0.494 e. The van der Waals surface area contributed by atoms with Crippen LogP contribution in [0, 0.1) is 0 Å². The molecule has 148 valence electrons. The van der Waals surface area contributed by atoms with Gasteiger partial charge in [-0.05, 0) is 36.8 Å². The minimum atomic E-state index is 0.690. The molecule has 6 nitrogen and oxygen atoms in total. The van der Waals surface area contributed by atoms with Gasteiger partial charge in [0.15, 0.2) is 0 Å². The van der Waals surface area contributed by atoms with E-state index >= 15 is 0 Å². The Kier molecular flexibility index (Phi) is 6.09. The predicted octanol–water partition coefficient (Wildman–Crippen LogP) is 2.80. The van der Waals surface area contributed by atoms with Gasteiger partial charge in [0.05, 0.1) is 32.9 Å². The van der Waals surface area contributed by atoms with Gasteiger partial charge in [0.2, 0.25) is 0 Å². The van der Waals surface area contributed by atoms with Gasteiger partial charge in [-0.1, -0.05) is 24.3 Å². The summed E-state index contributed by atoms with van der Waals surface area (Å²) in [7, 11) is 0. The number of anilines is 1. The van der Waals surface area contributed by atoms with Crippen molar-refractivity contribution in [2.75, 3.05) is 44.8 Å². The zero-order valence-electron chi connectivity index (χ0n) is 16.5. The van der Waals surface area contributed by atoms with E-state index in [9.17, 15) is 0 Å². The molecule has 2 heterocycles. The Labute approximate surface area is 166 Å². The molecule has 4 rings (SSSR count). The zero-order valence-corrected chi connectivity index (χ0v) is 16.5. The third-order valence-electron chi connectivity index (χ3n) is 5.16. The summed E-state index contributed by atoms with van der Waals surface area (Å²) in [6.07, 6.45) is 0. The Morgan fingerprint density at radius 3 is 2.68 bits per heavy atom. The second-order valence-electron chi connectivity index (χ2n) is 7.03. The predicted molar refractivity (Wildman–Crippen MR) is 111 cm³/mol. The molecule has 1 fully saturated rings. The number of morpholine rings is 1. The van der Waals surface area contributed by atoms with Crippen LogP contribution in [0.15, 0.2) is 48.5 Å². The molecule has 0 spiro atoms. The Bertz CT molecular complexity index is 885. The lowest BCUT2D eigenvalue weighted by Gasteiger charge is -2.26. The standard InChI is InChI=1S/C22H28N4O2/c1-2-28-19-9-7-18(8-10-19)17-23-22-24-20-5-3-4-6-21(20)26(22)12-11-25-13-15-27-16-14-25/h3-10H,2,11-17H2,1H3,(H,23,24)/p+1. The van der Waals surface area contributed by atoms with Crippen molar-refractivity contribution in [2.24, 2.45) is 0 Å². The van der Waals surface area contributed by atoms with Crippen LogP contribution in [0.1, 0.15) is 12.5 Å². The van der Waals surface area contributed by atoms with Gasteiger partial charge in [0, 0.05) is 19.6 Å². The Balaban J connectivity index is 1.47. The van der Waals surface area contributed by atoms with E-state index in [-0.39, 0.29) is 0 Å². The highest BCUT2D eigenvalue weighted by Gasteiger charge is 2.18. The highest BCUT2D eigenvalue weighted by Crippen LogP contribution is 2.15. The van der Waals surface area contributed by atoms with Crippen LogP contribution >= 0.6 is 0 Å². The van der Waals surface area contributed by atoms with Crippen LogP contribution < -0.4 is 14.6 Å². The Hall–Kier alpha value is -2.57. The summed E-state index contributed by atoms with van der Waals surface area (Å²) in [4.78, 5) is 6.00. The van der Waals surface area contributed by atoms with E-state index in [1.54, 1.807) is 0 Å².